The normalized spacial score (nSPS) is 16.4. The van der Waals surface area contributed by atoms with E-state index in [9.17, 15) is 9.90 Å². The van der Waals surface area contributed by atoms with Gasteiger partial charge in [-0.2, -0.15) is 0 Å². The molecule has 0 spiro atoms. The van der Waals surface area contributed by atoms with Crippen LogP contribution in [0, 0.1) is 5.92 Å². The predicted octanol–water partition coefficient (Wildman–Crippen LogP) is 2.18. The highest BCUT2D eigenvalue weighted by Gasteiger charge is 2.26. The third-order valence-electron chi connectivity index (χ3n) is 3.37. The molecule has 19 heavy (non-hydrogen) atoms. The number of aromatic hydroxyl groups is 1. The van der Waals surface area contributed by atoms with Crippen molar-refractivity contribution in [1.82, 2.24) is 4.90 Å². The smallest absolute Gasteiger partial charge is 0.257 e. The van der Waals surface area contributed by atoms with Crippen LogP contribution < -0.4 is 5.73 Å². The van der Waals surface area contributed by atoms with Crippen LogP contribution in [0.5, 0.6) is 5.75 Å². The van der Waals surface area contributed by atoms with Crippen LogP contribution in [0.25, 0.3) is 0 Å². The van der Waals surface area contributed by atoms with E-state index in [2.05, 4.69) is 0 Å². The summed E-state index contributed by atoms with van der Waals surface area (Å²) in [7, 11) is 0. The molecule has 1 aliphatic heterocycles. The Morgan fingerprint density at radius 1 is 1.42 bits per heavy atom. The van der Waals surface area contributed by atoms with Crippen LogP contribution in [0.1, 0.15) is 23.2 Å². The lowest BCUT2D eigenvalue weighted by Crippen LogP contribution is -2.41. The van der Waals surface area contributed by atoms with Gasteiger partial charge in [0.2, 0.25) is 0 Å². The SMILES string of the molecule is NC(=S)C1CCN(C(=O)c2ccc(Cl)cc2O)CC1. The molecule has 0 aromatic heterocycles. The van der Waals surface area contributed by atoms with Crippen molar-refractivity contribution < 1.29 is 9.90 Å². The van der Waals surface area contributed by atoms with Gasteiger partial charge in [-0.1, -0.05) is 23.8 Å². The maximum atomic E-state index is 12.3. The molecule has 0 unspecified atom stereocenters. The molecule has 1 heterocycles. The number of phenolic OH excluding ortho intramolecular Hbond substituents is 1. The summed E-state index contributed by atoms with van der Waals surface area (Å²) in [6, 6.07) is 4.51. The number of nitrogens with zero attached hydrogens (tertiary/aromatic N) is 1. The lowest BCUT2D eigenvalue weighted by atomic mass is 9.96. The topological polar surface area (TPSA) is 66.6 Å². The highest BCUT2D eigenvalue weighted by molar-refractivity contribution is 7.80. The average molecular weight is 299 g/mol. The summed E-state index contributed by atoms with van der Waals surface area (Å²) < 4.78 is 0. The minimum Gasteiger partial charge on any atom is -0.507 e. The molecule has 1 aliphatic rings. The zero-order valence-electron chi connectivity index (χ0n) is 10.3. The summed E-state index contributed by atoms with van der Waals surface area (Å²) in [4.78, 5) is 14.5. The fraction of sp³-hybridized carbons (Fsp3) is 0.385. The highest BCUT2D eigenvalue weighted by Crippen LogP contribution is 2.25. The Morgan fingerprint density at radius 2 is 2.05 bits per heavy atom. The van der Waals surface area contributed by atoms with Crippen molar-refractivity contribution in [2.75, 3.05) is 13.1 Å². The molecule has 4 nitrogen and oxygen atoms in total. The molecule has 3 N–H and O–H groups in total. The number of thiocarbonyl (C=S) groups is 1. The van der Waals surface area contributed by atoms with E-state index in [0.29, 0.717) is 23.1 Å². The van der Waals surface area contributed by atoms with Gasteiger partial charge in [0.15, 0.2) is 0 Å². The second-order valence-electron chi connectivity index (χ2n) is 4.63. The van der Waals surface area contributed by atoms with Crippen LogP contribution in [0.2, 0.25) is 5.02 Å². The number of piperidine rings is 1. The van der Waals surface area contributed by atoms with E-state index in [1.54, 1.807) is 17.0 Å². The molecule has 1 amide bonds. The van der Waals surface area contributed by atoms with Gasteiger partial charge in [0.1, 0.15) is 5.75 Å². The fourth-order valence-corrected chi connectivity index (χ4v) is 2.63. The van der Waals surface area contributed by atoms with E-state index in [4.69, 9.17) is 29.6 Å². The van der Waals surface area contributed by atoms with Gasteiger partial charge in [0.05, 0.1) is 10.6 Å². The molecule has 0 radical (unpaired) electrons. The summed E-state index contributed by atoms with van der Waals surface area (Å²) in [5.41, 5.74) is 5.89. The van der Waals surface area contributed by atoms with E-state index >= 15 is 0 Å². The second-order valence-corrected chi connectivity index (χ2v) is 5.54. The zero-order valence-corrected chi connectivity index (χ0v) is 11.9. The number of hydrogen-bond acceptors (Lipinski definition) is 3. The molecule has 0 saturated carbocycles. The minimum absolute atomic E-state index is 0.0889. The Balaban J connectivity index is 2.07. The Morgan fingerprint density at radius 3 is 2.58 bits per heavy atom. The maximum Gasteiger partial charge on any atom is 0.257 e. The van der Waals surface area contributed by atoms with Crippen molar-refractivity contribution >= 4 is 34.7 Å². The van der Waals surface area contributed by atoms with Gasteiger partial charge in [0.25, 0.3) is 5.91 Å². The molecule has 6 heteroatoms. The lowest BCUT2D eigenvalue weighted by Gasteiger charge is -2.31. The van der Waals surface area contributed by atoms with Gasteiger partial charge in [-0.25, -0.2) is 0 Å². The van der Waals surface area contributed by atoms with Crippen molar-refractivity contribution in [3.63, 3.8) is 0 Å². The number of rotatable bonds is 2. The van der Waals surface area contributed by atoms with Crippen LogP contribution >= 0.6 is 23.8 Å². The third kappa shape index (κ3) is 3.16. The quantitative estimate of drug-likeness (QED) is 0.821. The molecule has 0 aliphatic carbocycles. The van der Waals surface area contributed by atoms with Gasteiger partial charge in [-0.15, -0.1) is 0 Å². The fourth-order valence-electron chi connectivity index (χ4n) is 2.22. The van der Waals surface area contributed by atoms with E-state index in [0.717, 1.165) is 12.8 Å². The highest BCUT2D eigenvalue weighted by atomic mass is 35.5. The maximum absolute atomic E-state index is 12.3. The zero-order chi connectivity index (χ0) is 14.0. The molecule has 2 rings (SSSR count). The van der Waals surface area contributed by atoms with Gasteiger partial charge < -0.3 is 15.7 Å². The van der Waals surface area contributed by atoms with Crippen LogP contribution in [0.15, 0.2) is 18.2 Å². The Bertz CT molecular complexity index is 513. The van der Waals surface area contributed by atoms with Crippen molar-refractivity contribution in [2.45, 2.75) is 12.8 Å². The predicted molar refractivity (Wildman–Crippen MR) is 78.5 cm³/mol. The van der Waals surface area contributed by atoms with E-state index < -0.39 is 0 Å². The molecule has 1 aromatic rings. The standard InChI is InChI=1S/C13H15ClN2O2S/c14-9-1-2-10(11(17)7-9)13(18)16-5-3-8(4-6-16)12(15)19/h1-2,7-8,17H,3-6H2,(H2,15,19). The summed E-state index contributed by atoms with van der Waals surface area (Å²) in [6.45, 7) is 1.20. The summed E-state index contributed by atoms with van der Waals surface area (Å²) in [5.74, 6) is -0.0672. The molecule has 0 bridgehead atoms. The first-order valence-corrected chi connectivity index (χ1v) is 6.84. The van der Waals surface area contributed by atoms with Crippen LogP contribution in [0.4, 0.5) is 0 Å². The first kappa shape index (κ1) is 14.1. The number of benzene rings is 1. The number of carbonyl (C=O) groups is 1. The van der Waals surface area contributed by atoms with Gasteiger partial charge >= 0.3 is 0 Å². The molecule has 1 fully saturated rings. The molecule has 102 valence electrons. The van der Waals surface area contributed by atoms with Crippen molar-refractivity contribution in [2.24, 2.45) is 11.7 Å². The summed E-state index contributed by atoms with van der Waals surface area (Å²) in [6.07, 6.45) is 1.55. The number of carbonyl (C=O) groups excluding carboxylic acids is 1. The lowest BCUT2D eigenvalue weighted by molar-refractivity contribution is 0.0707. The van der Waals surface area contributed by atoms with Gasteiger partial charge in [0, 0.05) is 24.0 Å². The van der Waals surface area contributed by atoms with Crippen molar-refractivity contribution in [1.29, 1.82) is 0 Å². The molecule has 1 aromatic carbocycles. The van der Waals surface area contributed by atoms with Crippen molar-refractivity contribution in [3.8, 4) is 5.75 Å². The molecule has 0 atom stereocenters. The average Bonchev–Trinajstić information content (AvgIpc) is 2.38. The Kier molecular flexibility index (Phi) is 4.27. The molecular weight excluding hydrogens is 284 g/mol. The number of likely N-dealkylation sites (tertiary alicyclic amines) is 1. The van der Waals surface area contributed by atoms with E-state index in [1.165, 1.54) is 6.07 Å². The number of phenols is 1. The minimum atomic E-state index is -0.185. The molecule has 1 saturated heterocycles. The second kappa shape index (κ2) is 5.75. The third-order valence-corrected chi connectivity index (χ3v) is 3.94. The van der Waals surface area contributed by atoms with Gasteiger partial charge in [-0.05, 0) is 31.0 Å². The van der Waals surface area contributed by atoms with E-state index in [1.807, 2.05) is 0 Å². The summed E-state index contributed by atoms with van der Waals surface area (Å²) in [5, 5.41) is 10.2. The van der Waals surface area contributed by atoms with Crippen molar-refractivity contribution in [3.05, 3.63) is 28.8 Å². The van der Waals surface area contributed by atoms with Crippen LogP contribution in [0.3, 0.4) is 0 Å². The van der Waals surface area contributed by atoms with E-state index in [-0.39, 0.29) is 23.1 Å². The molecular formula is C13H15ClN2O2S. The Hall–Kier alpha value is -1.33. The van der Waals surface area contributed by atoms with Crippen LogP contribution in [-0.2, 0) is 0 Å². The Labute approximate surface area is 122 Å². The first-order valence-electron chi connectivity index (χ1n) is 6.06. The number of amides is 1. The largest absolute Gasteiger partial charge is 0.507 e. The number of halogens is 1. The monoisotopic (exact) mass is 298 g/mol. The van der Waals surface area contributed by atoms with Crippen LogP contribution in [-0.4, -0.2) is 34.0 Å². The number of hydrogen-bond donors (Lipinski definition) is 2. The first-order chi connectivity index (χ1) is 8.99. The van der Waals surface area contributed by atoms with Gasteiger partial charge in [-0.3, -0.25) is 4.79 Å². The summed E-state index contributed by atoms with van der Waals surface area (Å²) >= 11 is 10.7. The number of nitrogens with two attached hydrogens (primary N) is 1.